The number of aromatic nitrogens is 1. The van der Waals surface area contributed by atoms with Gasteiger partial charge in [0.15, 0.2) is 18.6 Å². The highest BCUT2D eigenvalue weighted by atomic mass is 32.3. The molecule has 0 saturated carbocycles. The smallest absolute Gasteiger partial charge is 0.270 e. The lowest BCUT2D eigenvalue weighted by atomic mass is 10.2. The minimum absolute atomic E-state index is 0.0377. The number of benzene rings is 2. The molecule has 3 rings (SSSR count). The summed E-state index contributed by atoms with van der Waals surface area (Å²) in [6.45, 7) is 4.49. The van der Waals surface area contributed by atoms with Gasteiger partial charge in [-0.3, -0.25) is 19.1 Å². The number of nitrogens with one attached hydrogen (secondary N) is 1. The average molecular weight is 594 g/mol. The van der Waals surface area contributed by atoms with Gasteiger partial charge in [-0.25, -0.2) is 8.42 Å². The van der Waals surface area contributed by atoms with Crippen LogP contribution in [0, 0.1) is 21.4 Å². The van der Waals surface area contributed by atoms with E-state index in [1.807, 2.05) is 22.8 Å². The van der Waals surface area contributed by atoms with E-state index in [4.69, 9.17) is 10.00 Å². The standard InChI is InChI=1S/C22H23N7O4S.CH4O4S/c1-5-28(10-6-9-23)20-12-17(24-14(2)30)18(13-21(20)33-4)25-26-22-16-11-15(29(31)32)7-8-19(16)27(3)34-22;1-5-6(2,3)4/h7-8,11-13H,5-6,10H2,1-4H3;1H3,(H,2,3,4). The predicted molar refractivity (Wildman–Crippen MR) is 146 cm³/mol. The molecule has 0 saturated heterocycles. The molecule has 17 heteroatoms. The summed E-state index contributed by atoms with van der Waals surface area (Å²) < 4.78 is 38.4. The van der Waals surface area contributed by atoms with Gasteiger partial charge in [0.25, 0.3) is 5.69 Å². The summed E-state index contributed by atoms with van der Waals surface area (Å²) in [5.74, 6) is 0.233. The van der Waals surface area contributed by atoms with Gasteiger partial charge in [-0.15, -0.1) is 14.2 Å². The number of carbonyl (C=O) groups is 1. The topological polar surface area (TPSA) is 204 Å². The zero-order valence-electron chi connectivity index (χ0n) is 22.3. The molecule has 40 heavy (non-hydrogen) atoms. The molecule has 0 bridgehead atoms. The van der Waals surface area contributed by atoms with Gasteiger partial charge >= 0.3 is 0 Å². The molecule has 0 aliphatic heterocycles. The second-order valence-corrected chi connectivity index (χ2v) is 10.1. The van der Waals surface area contributed by atoms with Crippen LogP contribution in [0.15, 0.2) is 40.6 Å². The molecule has 0 atom stereocenters. The van der Waals surface area contributed by atoms with E-state index in [0.717, 1.165) is 12.6 Å². The molecule has 2 aromatic carbocycles. The Bertz CT molecular complexity index is 1570. The number of methoxy groups -OCH3 is 1. The first-order valence-electron chi connectivity index (χ1n) is 11.5. The zero-order chi connectivity index (χ0) is 30.0. The first-order chi connectivity index (χ1) is 18.8. The Morgan fingerprint density at radius 2 is 1.95 bits per heavy atom. The molecule has 15 nitrogen and oxygen atoms in total. The highest BCUT2D eigenvalue weighted by Crippen LogP contribution is 2.40. The van der Waals surface area contributed by atoms with Crippen LogP contribution in [-0.4, -0.2) is 51.1 Å². The Kier molecular flexibility index (Phi) is 11.4. The number of hydrogen-bond donors (Lipinski definition) is 1. The lowest BCUT2D eigenvalue weighted by Gasteiger charge is -2.25. The number of anilines is 2. The van der Waals surface area contributed by atoms with Gasteiger partial charge in [0.05, 0.1) is 48.4 Å². The van der Waals surface area contributed by atoms with E-state index in [-0.39, 0.29) is 11.6 Å². The van der Waals surface area contributed by atoms with Crippen molar-refractivity contribution in [1.82, 2.24) is 0 Å². The van der Waals surface area contributed by atoms with Gasteiger partial charge in [-0.2, -0.15) is 5.26 Å². The number of hydrogen-bond acceptors (Lipinski definition) is 13. The molecule has 0 aliphatic rings. The van der Waals surface area contributed by atoms with Crippen molar-refractivity contribution in [2.75, 3.05) is 37.5 Å². The number of non-ortho nitro benzene ring substituents is 1. The minimum Gasteiger partial charge on any atom is -0.726 e. The van der Waals surface area contributed by atoms with E-state index in [1.165, 1.54) is 37.7 Å². The van der Waals surface area contributed by atoms with E-state index in [1.54, 1.807) is 18.2 Å². The number of nitriles is 1. The fourth-order valence-electron chi connectivity index (χ4n) is 3.46. The Labute approximate surface area is 234 Å². The maximum absolute atomic E-state index is 11.9. The van der Waals surface area contributed by atoms with Gasteiger partial charge in [-0.1, -0.05) is 0 Å². The predicted octanol–water partition coefficient (Wildman–Crippen LogP) is 3.85. The number of rotatable bonds is 10. The molecule has 1 N–H and O–H groups in total. The fourth-order valence-corrected chi connectivity index (χ4v) is 4.31. The van der Waals surface area contributed by atoms with Gasteiger partial charge < -0.3 is 19.5 Å². The van der Waals surface area contributed by atoms with Crippen LogP contribution in [0.5, 0.6) is 5.75 Å². The van der Waals surface area contributed by atoms with Gasteiger partial charge in [0.2, 0.25) is 26.8 Å². The zero-order valence-corrected chi connectivity index (χ0v) is 23.9. The summed E-state index contributed by atoms with van der Waals surface area (Å²) in [6, 6.07) is 10.1. The van der Waals surface area contributed by atoms with Crippen molar-refractivity contribution < 1.29 is 35.6 Å². The first kappa shape index (κ1) is 32.0. The molecule has 0 aliphatic carbocycles. The number of amides is 1. The minimum atomic E-state index is -4.41. The third-order valence-electron chi connectivity index (χ3n) is 5.26. The maximum atomic E-state index is 11.9. The van der Waals surface area contributed by atoms with Crippen molar-refractivity contribution in [3.8, 4) is 11.8 Å². The summed E-state index contributed by atoms with van der Waals surface area (Å²) in [5.41, 5.74) is 2.26. The van der Waals surface area contributed by atoms with Crippen molar-refractivity contribution >= 4 is 66.5 Å². The van der Waals surface area contributed by atoms with Crippen molar-refractivity contribution in [2.24, 2.45) is 17.3 Å². The van der Waals surface area contributed by atoms with Crippen LogP contribution in [0.1, 0.15) is 20.3 Å². The second-order valence-electron chi connectivity index (χ2n) is 7.84. The molecule has 1 aromatic heterocycles. The average Bonchev–Trinajstić information content (AvgIpc) is 3.22. The van der Waals surface area contributed by atoms with Crippen molar-refractivity contribution in [3.05, 3.63) is 40.4 Å². The Balaban J connectivity index is 0.000000840. The SMILES string of the molecule is CCN(CCC#N)c1cc(NC(C)=O)c(N=Nc2s[n+](C)c3ccc([N+](=O)[O-])cc23)cc1OC.COS(=O)(=O)[O-]. The summed E-state index contributed by atoms with van der Waals surface area (Å²) >= 11 is 1.29. The van der Waals surface area contributed by atoms with Crippen molar-refractivity contribution in [1.29, 1.82) is 5.26 Å². The maximum Gasteiger partial charge on any atom is 0.270 e. The molecule has 0 spiro atoms. The molecule has 0 unspecified atom stereocenters. The third kappa shape index (κ3) is 8.64. The Morgan fingerprint density at radius 3 is 2.48 bits per heavy atom. The van der Waals surface area contributed by atoms with Crippen LogP contribution in [0.3, 0.4) is 0 Å². The number of nitro groups is 1. The number of ether oxygens (including phenoxy) is 1. The largest absolute Gasteiger partial charge is 0.726 e. The number of aryl methyl sites for hydroxylation is 1. The molecule has 1 heterocycles. The van der Waals surface area contributed by atoms with E-state index < -0.39 is 15.3 Å². The van der Waals surface area contributed by atoms with Crippen LogP contribution in [0.4, 0.5) is 27.8 Å². The van der Waals surface area contributed by atoms with Crippen LogP contribution < -0.4 is 18.9 Å². The molecular weight excluding hydrogens is 566 g/mol. The van der Waals surface area contributed by atoms with Crippen LogP contribution in [-0.2, 0) is 26.4 Å². The molecule has 0 radical (unpaired) electrons. The highest BCUT2D eigenvalue weighted by Gasteiger charge is 2.21. The van der Waals surface area contributed by atoms with Crippen molar-refractivity contribution in [3.63, 3.8) is 0 Å². The summed E-state index contributed by atoms with van der Waals surface area (Å²) in [5, 5.41) is 32.7. The third-order valence-corrected chi connectivity index (χ3v) is 6.61. The highest BCUT2D eigenvalue weighted by molar-refractivity contribution is 7.80. The lowest BCUT2D eigenvalue weighted by molar-refractivity contribution is -0.573. The fraction of sp³-hybridized carbons (Fsp3) is 0.348. The van der Waals surface area contributed by atoms with E-state index in [2.05, 4.69) is 25.8 Å². The van der Waals surface area contributed by atoms with E-state index in [0.29, 0.717) is 52.7 Å². The molecule has 3 aromatic rings. The quantitative estimate of drug-likeness (QED) is 0.0897. The summed E-state index contributed by atoms with van der Waals surface area (Å²) in [7, 11) is -0.242. The summed E-state index contributed by atoms with van der Waals surface area (Å²) in [6.07, 6.45) is 0.336. The van der Waals surface area contributed by atoms with Crippen LogP contribution in [0.2, 0.25) is 0 Å². The van der Waals surface area contributed by atoms with Gasteiger partial charge in [0.1, 0.15) is 11.4 Å². The van der Waals surface area contributed by atoms with Crippen LogP contribution >= 0.6 is 11.5 Å². The number of nitro benzene ring substituents is 1. The summed E-state index contributed by atoms with van der Waals surface area (Å²) in [4.78, 5) is 24.6. The normalized spacial score (nSPS) is 11.0. The monoisotopic (exact) mass is 593 g/mol. The Morgan fingerprint density at radius 1 is 1.27 bits per heavy atom. The number of fused-ring (bicyclic) bond motifs is 1. The lowest BCUT2D eigenvalue weighted by Crippen LogP contribution is -2.24. The Hall–Kier alpha value is -4.24. The number of nitrogens with zero attached hydrogens (tertiary/aromatic N) is 6. The molecule has 214 valence electrons. The van der Waals surface area contributed by atoms with E-state index in [9.17, 15) is 27.9 Å². The van der Waals surface area contributed by atoms with E-state index >= 15 is 0 Å². The van der Waals surface area contributed by atoms with Crippen molar-refractivity contribution in [2.45, 2.75) is 20.3 Å². The first-order valence-corrected chi connectivity index (χ1v) is 13.6. The number of azo groups is 1. The molecular formula is C23H27N7O8S2. The molecule has 0 fully saturated rings. The van der Waals surface area contributed by atoms with Crippen LogP contribution in [0.25, 0.3) is 10.9 Å². The number of carbonyl (C=O) groups excluding carboxylic acids is 1. The van der Waals surface area contributed by atoms with Gasteiger partial charge in [0, 0.05) is 44.3 Å². The second kappa shape index (κ2) is 14.2. The molecule has 1 amide bonds. The van der Waals surface area contributed by atoms with Gasteiger partial charge in [-0.05, 0) is 13.0 Å².